The fourth-order valence-corrected chi connectivity index (χ4v) is 6.45. The van der Waals surface area contributed by atoms with E-state index in [9.17, 15) is 33.4 Å². The van der Waals surface area contributed by atoms with Crippen molar-refractivity contribution in [2.75, 3.05) is 19.5 Å². The lowest BCUT2D eigenvalue weighted by Crippen LogP contribution is -2.38. The Hall–Kier alpha value is -1.10. The second kappa shape index (κ2) is 7.99. The van der Waals surface area contributed by atoms with E-state index in [0.717, 1.165) is 19.4 Å². The van der Waals surface area contributed by atoms with E-state index < -0.39 is 65.5 Å². The molecule has 2 fully saturated rings. The molecule has 0 amide bonds. The third-order valence-electron chi connectivity index (χ3n) is 4.64. The van der Waals surface area contributed by atoms with Gasteiger partial charge in [0.1, 0.15) is 11.9 Å². The molecule has 0 spiro atoms. The van der Waals surface area contributed by atoms with Crippen LogP contribution in [0.25, 0.3) is 0 Å². The number of methoxy groups -OCH3 is 1. The zero-order valence-electron chi connectivity index (χ0n) is 15.7. The monoisotopic (exact) mass is 527 g/mol. The van der Waals surface area contributed by atoms with Gasteiger partial charge in [0.2, 0.25) is 0 Å². The number of aromatic nitrogens is 2. The molecule has 2 aliphatic rings. The first-order valence-corrected chi connectivity index (χ1v) is 12.7. The Balaban J connectivity index is 1.80. The molecule has 0 radical (unpaired) electrons. The first-order chi connectivity index (χ1) is 14.5. The Bertz CT molecular complexity index is 1110. The van der Waals surface area contributed by atoms with Crippen LogP contribution < -0.4 is 11.4 Å². The number of aliphatic hydroxyl groups is 1. The number of halogens is 1. The van der Waals surface area contributed by atoms with Crippen LogP contribution in [0.1, 0.15) is 6.23 Å². The SMILES string of the molecule is COC1[C@]2(COP(=O)(O)OP(=O)(O)OP(=O)(O)O)O[C@@H](n3ccc(N)nc3=O)[C@H](F)[C@@]12O. The van der Waals surface area contributed by atoms with Crippen molar-refractivity contribution in [2.45, 2.75) is 29.7 Å². The Labute approximate surface area is 176 Å². The molecule has 1 aliphatic heterocycles. The molecule has 17 nitrogen and oxygen atoms in total. The molecular formula is C11H17FN3O14P3. The number of rotatable bonds is 9. The summed E-state index contributed by atoms with van der Waals surface area (Å²) in [4.78, 5) is 51.2. The number of phosphoric acid groups is 3. The average molecular weight is 527 g/mol. The van der Waals surface area contributed by atoms with E-state index in [0.29, 0.717) is 4.57 Å². The minimum Gasteiger partial charge on any atom is -0.383 e. The van der Waals surface area contributed by atoms with E-state index in [-0.39, 0.29) is 5.82 Å². The number of hydrogen-bond acceptors (Lipinski definition) is 12. The molecule has 32 heavy (non-hydrogen) atoms. The van der Waals surface area contributed by atoms with Crippen LogP contribution in [-0.2, 0) is 36.3 Å². The highest BCUT2D eigenvalue weighted by atomic mass is 31.3. The summed E-state index contributed by atoms with van der Waals surface area (Å²) in [6.07, 6.45) is -4.60. The summed E-state index contributed by atoms with van der Waals surface area (Å²) in [6, 6.07) is 1.14. The maximum Gasteiger partial charge on any atom is 0.490 e. The molecule has 1 saturated carbocycles. The minimum atomic E-state index is -5.80. The fourth-order valence-electron chi connectivity index (χ4n) is 3.40. The molecule has 3 rings (SSSR count). The Morgan fingerprint density at radius 1 is 1.25 bits per heavy atom. The molecule has 1 saturated heterocycles. The van der Waals surface area contributed by atoms with Crippen LogP contribution >= 0.6 is 23.5 Å². The zero-order chi connectivity index (χ0) is 24.3. The van der Waals surface area contributed by atoms with E-state index >= 15 is 4.39 Å². The van der Waals surface area contributed by atoms with E-state index in [1.165, 1.54) is 0 Å². The van der Waals surface area contributed by atoms with Crippen molar-refractivity contribution in [1.82, 2.24) is 9.55 Å². The van der Waals surface area contributed by atoms with Crippen LogP contribution in [0.2, 0.25) is 0 Å². The van der Waals surface area contributed by atoms with Gasteiger partial charge in [-0.2, -0.15) is 13.6 Å². The highest BCUT2D eigenvalue weighted by Gasteiger charge is 2.89. The third kappa shape index (κ3) is 4.48. The number of nitrogen functional groups attached to an aromatic ring is 1. The number of fused-ring (bicyclic) bond motifs is 1. The number of nitrogens with two attached hydrogens (primary N) is 1. The number of phosphoric ester groups is 1. The van der Waals surface area contributed by atoms with Crippen molar-refractivity contribution in [3.63, 3.8) is 0 Å². The topological polar surface area (TPSA) is 259 Å². The second-order valence-corrected chi connectivity index (χ2v) is 11.1. The van der Waals surface area contributed by atoms with Crippen LogP contribution in [0.3, 0.4) is 0 Å². The lowest BCUT2D eigenvalue weighted by atomic mass is 10.1. The van der Waals surface area contributed by atoms with Crippen LogP contribution in [0, 0.1) is 0 Å². The van der Waals surface area contributed by atoms with Crippen LogP contribution in [0.4, 0.5) is 10.2 Å². The molecule has 3 unspecified atom stereocenters. The predicted molar refractivity (Wildman–Crippen MR) is 96.2 cm³/mol. The molecule has 0 bridgehead atoms. The predicted octanol–water partition coefficient (Wildman–Crippen LogP) is -1.47. The number of anilines is 1. The molecule has 182 valence electrons. The van der Waals surface area contributed by atoms with Crippen molar-refractivity contribution in [2.24, 2.45) is 0 Å². The van der Waals surface area contributed by atoms with Gasteiger partial charge in [-0.3, -0.25) is 9.09 Å². The number of nitrogens with zero attached hydrogens (tertiary/aromatic N) is 2. The Morgan fingerprint density at radius 3 is 2.41 bits per heavy atom. The molecule has 21 heteroatoms. The maximum absolute atomic E-state index is 15.0. The van der Waals surface area contributed by atoms with E-state index in [2.05, 4.69) is 18.1 Å². The maximum atomic E-state index is 15.0. The van der Waals surface area contributed by atoms with Crippen molar-refractivity contribution in [3.8, 4) is 0 Å². The smallest absolute Gasteiger partial charge is 0.383 e. The molecular weight excluding hydrogens is 510 g/mol. The van der Waals surface area contributed by atoms with Gasteiger partial charge in [0.25, 0.3) is 0 Å². The summed E-state index contributed by atoms with van der Waals surface area (Å²) in [5, 5.41) is 10.7. The summed E-state index contributed by atoms with van der Waals surface area (Å²) in [5.41, 5.74) is -0.387. The van der Waals surface area contributed by atoms with Gasteiger partial charge in [0.15, 0.2) is 23.6 Å². The summed E-state index contributed by atoms with van der Waals surface area (Å²) < 4.78 is 71.6. The molecule has 0 aromatic carbocycles. The third-order valence-corrected chi connectivity index (χ3v) is 8.42. The van der Waals surface area contributed by atoms with E-state index in [4.69, 9.17) is 25.0 Å². The van der Waals surface area contributed by atoms with Gasteiger partial charge in [-0.1, -0.05) is 0 Å². The fraction of sp³-hybridized carbons (Fsp3) is 0.636. The highest BCUT2D eigenvalue weighted by molar-refractivity contribution is 7.66. The number of alkyl halides is 1. The van der Waals surface area contributed by atoms with Crippen molar-refractivity contribution in [3.05, 3.63) is 22.7 Å². The van der Waals surface area contributed by atoms with E-state index in [1.54, 1.807) is 0 Å². The van der Waals surface area contributed by atoms with E-state index in [1.807, 2.05) is 0 Å². The summed E-state index contributed by atoms with van der Waals surface area (Å²) in [6.45, 7) is -1.19. The molecule has 1 aromatic heterocycles. The Kier molecular flexibility index (Phi) is 6.37. The molecule has 7 N–H and O–H groups in total. The number of ether oxygens (including phenoxy) is 2. The normalized spacial score (nSPS) is 35.7. The van der Waals surface area contributed by atoms with Gasteiger partial charge < -0.3 is 39.9 Å². The Morgan fingerprint density at radius 2 is 1.88 bits per heavy atom. The standard InChI is InChI=1S/C11H17FN3O14P3/c1-25-8-10(4-26-31(21,22)29-32(23,24)28-30(18,19)20)11(8,17)6(12)7(27-10)15-3-2-5(13)14-9(15)16/h2-3,6-8,17H,4H2,1H3,(H,21,22)(H,23,24)(H2,13,14,16)(H2,18,19,20)/t6-,7+,8?,10-,11+/m0/s1. The first-order valence-electron chi connectivity index (χ1n) is 8.18. The molecule has 1 aliphatic carbocycles. The lowest BCUT2D eigenvalue weighted by molar-refractivity contribution is -0.112. The lowest BCUT2D eigenvalue weighted by Gasteiger charge is -2.23. The van der Waals surface area contributed by atoms with Crippen molar-refractivity contribution in [1.29, 1.82) is 0 Å². The van der Waals surface area contributed by atoms with Gasteiger partial charge in [0, 0.05) is 13.3 Å². The van der Waals surface area contributed by atoms with Crippen molar-refractivity contribution >= 4 is 29.3 Å². The summed E-state index contributed by atoms with van der Waals surface area (Å²) in [5.74, 6) is -0.180. The first kappa shape index (κ1) is 25.5. The molecule has 1 aromatic rings. The van der Waals surface area contributed by atoms with Gasteiger partial charge in [0.05, 0.1) is 6.61 Å². The summed E-state index contributed by atoms with van der Waals surface area (Å²) >= 11 is 0. The van der Waals surface area contributed by atoms with Crippen LogP contribution in [-0.4, -0.2) is 71.4 Å². The average Bonchev–Trinajstić information content (AvgIpc) is 3.04. The molecule has 2 heterocycles. The van der Waals surface area contributed by atoms with Gasteiger partial charge >= 0.3 is 29.2 Å². The van der Waals surface area contributed by atoms with Gasteiger partial charge in [-0.25, -0.2) is 22.9 Å². The molecule has 7 atom stereocenters. The highest BCUT2D eigenvalue weighted by Crippen LogP contribution is 2.69. The van der Waals surface area contributed by atoms with Crippen LogP contribution in [0.5, 0.6) is 0 Å². The summed E-state index contributed by atoms with van der Waals surface area (Å²) in [7, 11) is -16.0. The van der Waals surface area contributed by atoms with Gasteiger partial charge in [-0.05, 0) is 6.07 Å². The minimum absolute atomic E-state index is 0.180. The zero-order valence-corrected chi connectivity index (χ0v) is 18.4. The quantitative estimate of drug-likeness (QED) is 0.200. The number of hydrogen-bond donors (Lipinski definition) is 6. The second-order valence-electron chi connectivity index (χ2n) is 6.65. The largest absolute Gasteiger partial charge is 0.490 e. The van der Waals surface area contributed by atoms with Gasteiger partial charge in [-0.15, -0.1) is 0 Å². The van der Waals surface area contributed by atoms with Crippen molar-refractivity contribution < 1.29 is 65.4 Å². The van der Waals surface area contributed by atoms with Crippen LogP contribution in [0.15, 0.2) is 17.1 Å².